The maximum Gasteiger partial charge on any atom is 0.267 e. The highest BCUT2D eigenvalue weighted by Crippen LogP contribution is 2.28. The summed E-state index contributed by atoms with van der Waals surface area (Å²) in [6.45, 7) is 3.29. The number of benzene rings is 1. The monoisotopic (exact) mass is 313 g/mol. The molecule has 0 spiro atoms. The van der Waals surface area contributed by atoms with E-state index in [9.17, 15) is 9.90 Å². The van der Waals surface area contributed by atoms with E-state index in [1.54, 1.807) is 6.07 Å². The lowest BCUT2D eigenvalue weighted by Gasteiger charge is -2.02. The predicted molar refractivity (Wildman–Crippen MR) is 87.3 cm³/mol. The van der Waals surface area contributed by atoms with Gasteiger partial charge in [-0.2, -0.15) is 0 Å². The van der Waals surface area contributed by atoms with Crippen molar-refractivity contribution in [1.29, 1.82) is 0 Å². The number of fused-ring (bicyclic) bond motifs is 1. The molecule has 23 heavy (non-hydrogen) atoms. The number of hydrogen-bond acceptors (Lipinski definition) is 2. The number of rotatable bonds is 5. The van der Waals surface area contributed by atoms with Crippen LogP contribution in [0.1, 0.15) is 22.5 Å². The Morgan fingerprint density at radius 2 is 2.26 bits per heavy atom. The number of H-pyrrole nitrogens is 1. The highest BCUT2D eigenvalue weighted by atomic mass is 16.3. The number of imidazole rings is 1. The molecule has 0 saturated carbocycles. The molecule has 1 amide bonds. The first-order chi connectivity index (χ1) is 11.0. The van der Waals surface area contributed by atoms with E-state index in [0.29, 0.717) is 17.6 Å². The van der Waals surface area contributed by atoms with Gasteiger partial charge in [0.1, 0.15) is 23.8 Å². The Hall–Kier alpha value is -2.76. The lowest BCUT2D eigenvalue weighted by Crippen LogP contribution is -2.26. The van der Waals surface area contributed by atoms with E-state index in [0.717, 1.165) is 24.0 Å². The fourth-order valence-electron chi connectivity index (χ4n) is 2.61. The molecule has 120 valence electrons. The largest absolute Gasteiger partial charge is 0.507 e. The molecule has 6 heteroatoms. The minimum atomic E-state index is -0.156. The number of aromatic nitrogens is 3. The molecule has 0 bridgehead atoms. The van der Waals surface area contributed by atoms with Gasteiger partial charge in [-0.25, -0.2) is 9.13 Å². The maximum absolute atomic E-state index is 12.2. The van der Waals surface area contributed by atoms with Crippen molar-refractivity contribution in [2.24, 2.45) is 7.05 Å². The van der Waals surface area contributed by atoms with Gasteiger partial charge in [0.25, 0.3) is 5.91 Å². The summed E-state index contributed by atoms with van der Waals surface area (Å²) in [6, 6.07) is 5.39. The molecule has 1 aromatic carbocycles. The molecular weight excluding hydrogens is 292 g/mol. The number of aromatic amines is 1. The Bertz CT molecular complexity index is 848. The van der Waals surface area contributed by atoms with Crippen LogP contribution >= 0.6 is 0 Å². The average molecular weight is 313 g/mol. The third-order valence-electron chi connectivity index (χ3n) is 3.92. The molecule has 0 aliphatic heterocycles. The van der Waals surface area contributed by atoms with E-state index >= 15 is 0 Å². The lowest BCUT2D eigenvalue weighted by molar-refractivity contribution is -0.671. The maximum atomic E-state index is 12.2. The summed E-state index contributed by atoms with van der Waals surface area (Å²) < 4.78 is 4.06. The molecule has 6 nitrogen and oxygen atoms in total. The van der Waals surface area contributed by atoms with Crippen LogP contribution < -0.4 is 9.88 Å². The number of amides is 1. The topological polar surface area (TPSA) is 73.9 Å². The highest BCUT2D eigenvalue weighted by Gasteiger charge is 2.12. The molecule has 2 aromatic heterocycles. The summed E-state index contributed by atoms with van der Waals surface area (Å²) in [4.78, 5) is 15.2. The summed E-state index contributed by atoms with van der Waals surface area (Å²) in [7, 11) is 1.98. The van der Waals surface area contributed by atoms with E-state index in [-0.39, 0.29) is 11.7 Å². The predicted octanol–water partition coefficient (Wildman–Crippen LogP) is 1.63. The SMILES string of the molecule is Cc1ccc2[nH]c(C(=O)NCCCn3cc[n+](C)c3)cc2c1O. The summed E-state index contributed by atoms with van der Waals surface area (Å²) in [5, 5.41) is 13.6. The zero-order valence-corrected chi connectivity index (χ0v) is 13.3. The number of nitrogens with zero attached hydrogens (tertiary/aromatic N) is 2. The summed E-state index contributed by atoms with van der Waals surface area (Å²) in [5.41, 5.74) is 2.02. The number of phenols is 1. The normalized spacial score (nSPS) is 11.0. The van der Waals surface area contributed by atoms with Crippen LogP contribution in [0.15, 0.2) is 36.9 Å². The van der Waals surface area contributed by atoms with E-state index in [4.69, 9.17) is 0 Å². The van der Waals surface area contributed by atoms with Gasteiger partial charge < -0.3 is 15.4 Å². The molecule has 0 radical (unpaired) electrons. The Morgan fingerprint density at radius 1 is 1.43 bits per heavy atom. The van der Waals surface area contributed by atoms with Gasteiger partial charge >= 0.3 is 0 Å². The Labute approximate surface area is 134 Å². The van der Waals surface area contributed by atoms with Crippen LogP contribution in [0.25, 0.3) is 10.9 Å². The Kier molecular flexibility index (Phi) is 4.06. The molecule has 3 rings (SSSR count). The quantitative estimate of drug-likeness (QED) is 0.495. The first-order valence-corrected chi connectivity index (χ1v) is 7.65. The number of phenolic OH excluding ortho intramolecular Hbond substituents is 1. The minimum Gasteiger partial charge on any atom is -0.507 e. The fourth-order valence-corrected chi connectivity index (χ4v) is 2.61. The second-order valence-corrected chi connectivity index (χ2v) is 5.80. The fraction of sp³-hybridized carbons (Fsp3) is 0.294. The van der Waals surface area contributed by atoms with Gasteiger partial charge in [0.15, 0.2) is 0 Å². The second kappa shape index (κ2) is 6.16. The standard InChI is InChI=1S/C17H20N4O2/c1-12-4-5-14-13(16(12)22)10-15(19-14)17(23)18-6-3-7-21-9-8-20(2)11-21/h4-5,8-11H,3,6-7H2,1-2H3,(H2-,18,19,22,23)/p+1. The lowest BCUT2D eigenvalue weighted by atomic mass is 10.1. The summed E-state index contributed by atoms with van der Waals surface area (Å²) in [5.74, 6) is 0.0644. The molecule has 0 aliphatic rings. The van der Waals surface area contributed by atoms with Gasteiger partial charge in [0.2, 0.25) is 6.33 Å². The molecule has 2 heterocycles. The summed E-state index contributed by atoms with van der Waals surface area (Å²) >= 11 is 0. The Balaban J connectivity index is 1.59. The highest BCUT2D eigenvalue weighted by molar-refractivity contribution is 5.99. The van der Waals surface area contributed by atoms with E-state index < -0.39 is 0 Å². The van der Waals surface area contributed by atoms with Gasteiger partial charge in [-0.3, -0.25) is 4.79 Å². The number of carbonyl (C=O) groups excluding carboxylic acids is 1. The van der Waals surface area contributed by atoms with Crippen LogP contribution in [-0.2, 0) is 13.6 Å². The minimum absolute atomic E-state index is 0.156. The van der Waals surface area contributed by atoms with Crippen molar-refractivity contribution >= 4 is 16.8 Å². The van der Waals surface area contributed by atoms with Crippen molar-refractivity contribution in [3.63, 3.8) is 0 Å². The molecule has 0 saturated heterocycles. The van der Waals surface area contributed by atoms with Gasteiger partial charge in [-0.05, 0) is 24.6 Å². The average Bonchev–Trinajstić information content (AvgIpc) is 3.14. The smallest absolute Gasteiger partial charge is 0.267 e. The van der Waals surface area contributed by atoms with E-state index in [1.165, 1.54) is 0 Å². The number of hydrogen-bond donors (Lipinski definition) is 3. The van der Waals surface area contributed by atoms with Gasteiger partial charge in [0, 0.05) is 23.9 Å². The number of aryl methyl sites for hydroxylation is 3. The third kappa shape index (κ3) is 3.21. The van der Waals surface area contributed by atoms with Crippen molar-refractivity contribution in [3.8, 4) is 5.75 Å². The molecule has 3 aromatic rings. The van der Waals surface area contributed by atoms with Crippen LogP contribution in [0.2, 0.25) is 0 Å². The van der Waals surface area contributed by atoms with E-state index in [1.807, 2.05) is 49.4 Å². The van der Waals surface area contributed by atoms with Gasteiger partial charge in [0.05, 0.1) is 13.6 Å². The molecule has 0 atom stereocenters. The summed E-state index contributed by atoms with van der Waals surface area (Å²) in [6.07, 6.45) is 6.85. The van der Waals surface area contributed by atoms with Gasteiger partial charge in [-0.1, -0.05) is 6.07 Å². The number of nitrogens with one attached hydrogen (secondary N) is 2. The first kappa shape index (κ1) is 15.1. The van der Waals surface area contributed by atoms with Crippen LogP contribution in [0.3, 0.4) is 0 Å². The van der Waals surface area contributed by atoms with Crippen molar-refractivity contribution in [2.45, 2.75) is 19.9 Å². The first-order valence-electron chi connectivity index (χ1n) is 7.65. The second-order valence-electron chi connectivity index (χ2n) is 5.80. The van der Waals surface area contributed by atoms with Crippen molar-refractivity contribution in [1.82, 2.24) is 14.9 Å². The molecule has 0 fully saturated rings. The molecular formula is C17H21N4O2+. The van der Waals surface area contributed by atoms with E-state index in [2.05, 4.69) is 14.9 Å². The Morgan fingerprint density at radius 3 is 3.00 bits per heavy atom. The molecule has 0 unspecified atom stereocenters. The van der Waals surface area contributed by atoms with Crippen molar-refractivity contribution < 1.29 is 14.5 Å². The number of carbonyl (C=O) groups is 1. The van der Waals surface area contributed by atoms with Crippen molar-refractivity contribution in [2.75, 3.05) is 6.54 Å². The van der Waals surface area contributed by atoms with Crippen LogP contribution in [0, 0.1) is 6.92 Å². The number of aromatic hydroxyl groups is 1. The van der Waals surface area contributed by atoms with Gasteiger partial charge in [-0.15, -0.1) is 0 Å². The van der Waals surface area contributed by atoms with Crippen LogP contribution in [-0.4, -0.2) is 27.1 Å². The van der Waals surface area contributed by atoms with Crippen molar-refractivity contribution in [3.05, 3.63) is 48.2 Å². The molecule has 3 N–H and O–H groups in total. The molecule has 0 aliphatic carbocycles. The van der Waals surface area contributed by atoms with Crippen LogP contribution in [0.4, 0.5) is 0 Å². The third-order valence-corrected chi connectivity index (χ3v) is 3.92. The zero-order chi connectivity index (χ0) is 16.4. The van der Waals surface area contributed by atoms with Crippen LogP contribution in [0.5, 0.6) is 5.75 Å². The zero-order valence-electron chi connectivity index (χ0n) is 13.3.